The van der Waals surface area contributed by atoms with E-state index in [1.807, 2.05) is 6.92 Å². The van der Waals surface area contributed by atoms with Gasteiger partial charge in [-0.2, -0.15) is 0 Å². The quantitative estimate of drug-likeness (QED) is 0.761. The molecule has 0 aromatic carbocycles. The molecule has 106 valence electrons. The normalized spacial score (nSPS) is 25.2. The molecule has 0 saturated heterocycles. The van der Waals surface area contributed by atoms with E-state index in [0.29, 0.717) is 5.76 Å². The van der Waals surface area contributed by atoms with E-state index in [1.165, 1.54) is 18.9 Å². The van der Waals surface area contributed by atoms with E-state index >= 15 is 0 Å². The Balaban J connectivity index is 1.98. The van der Waals surface area contributed by atoms with Crippen LogP contribution in [0.4, 0.5) is 0 Å². The van der Waals surface area contributed by atoms with Crippen LogP contribution in [0.3, 0.4) is 0 Å². The second kappa shape index (κ2) is 6.21. The van der Waals surface area contributed by atoms with Crippen molar-refractivity contribution in [1.29, 1.82) is 0 Å². The SMILES string of the molecule is CC(NC1CCCCC1CO)c1ccc(C(=O)O)o1. The summed E-state index contributed by atoms with van der Waals surface area (Å²) in [7, 11) is 0. The van der Waals surface area contributed by atoms with Crippen molar-refractivity contribution in [1.82, 2.24) is 5.32 Å². The summed E-state index contributed by atoms with van der Waals surface area (Å²) in [5.74, 6) is -0.180. The van der Waals surface area contributed by atoms with Gasteiger partial charge in [0.05, 0.1) is 6.04 Å². The highest BCUT2D eigenvalue weighted by atomic mass is 16.4. The number of nitrogens with one attached hydrogen (secondary N) is 1. The third kappa shape index (κ3) is 3.36. The van der Waals surface area contributed by atoms with Crippen LogP contribution in [0.2, 0.25) is 0 Å². The first-order valence-electron chi connectivity index (χ1n) is 6.81. The second-order valence-corrected chi connectivity index (χ2v) is 5.23. The first-order chi connectivity index (χ1) is 9.11. The molecule has 2 rings (SSSR count). The predicted octanol–water partition coefficient (Wildman–Crippen LogP) is 2.18. The molecule has 0 amide bonds. The van der Waals surface area contributed by atoms with Gasteiger partial charge in [-0.3, -0.25) is 0 Å². The van der Waals surface area contributed by atoms with Gasteiger partial charge in [-0.25, -0.2) is 4.79 Å². The molecule has 1 aromatic rings. The Labute approximate surface area is 112 Å². The van der Waals surface area contributed by atoms with E-state index in [0.717, 1.165) is 12.8 Å². The number of aliphatic hydroxyl groups is 1. The molecule has 3 N–H and O–H groups in total. The molecule has 3 unspecified atom stereocenters. The fourth-order valence-corrected chi connectivity index (χ4v) is 2.75. The first-order valence-corrected chi connectivity index (χ1v) is 6.81. The van der Waals surface area contributed by atoms with Gasteiger partial charge >= 0.3 is 5.97 Å². The lowest BCUT2D eigenvalue weighted by molar-refractivity contribution is 0.0659. The van der Waals surface area contributed by atoms with E-state index in [-0.39, 0.29) is 30.4 Å². The molecular weight excluding hydrogens is 246 g/mol. The lowest BCUT2D eigenvalue weighted by Gasteiger charge is -2.32. The zero-order valence-electron chi connectivity index (χ0n) is 11.1. The summed E-state index contributed by atoms with van der Waals surface area (Å²) in [5.41, 5.74) is 0. The number of aliphatic hydroxyl groups excluding tert-OH is 1. The summed E-state index contributed by atoms with van der Waals surface area (Å²) in [5, 5.41) is 21.7. The average Bonchev–Trinajstić information content (AvgIpc) is 2.89. The largest absolute Gasteiger partial charge is 0.475 e. The number of carboxylic acids is 1. The van der Waals surface area contributed by atoms with E-state index in [1.54, 1.807) is 6.07 Å². The van der Waals surface area contributed by atoms with E-state index in [4.69, 9.17) is 9.52 Å². The number of carboxylic acid groups (broad SMARTS) is 1. The highest BCUT2D eigenvalue weighted by molar-refractivity contribution is 5.84. The fraction of sp³-hybridized carbons (Fsp3) is 0.643. The van der Waals surface area contributed by atoms with Gasteiger partial charge in [-0.1, -0.05) is 12.8 Å². The number of rotatable bonds is 5. The molecule has 0 bridgehead atoms. The Morgan fingerprint density at radius 2 is 2.21 bits per heavy atom. The van der Waals surface area contributed by atoms with Gasteiger partial charge in [-0.05, 0) is 37.8 Å². The van der Waals surface area contributed by atoms with Crippen LogP contribution in [-0.2, 0) is 0 Å². The number of hydrogen-bond acceptors (Lipinski definition) is 4. The molecule has 5 nitrogen and oxygen atoms in total. The molecular formula is C14H21NO4. The Bertz CT molecular complexity index is 429. The molecule has 1 saturated carbocycles. The molecule has 5 heteroatoms. The Kier molecular flexibility index (Phi) is 4.61. The van der Waals surface area contributed by atoms with Crippen molar-refractivity contribution < 1.29 is 19.4 Å². The summed E-state index contributed by atoms with van der Waals surface area (Å²) < 4.78 is 5.29. The zero-order chi connectivity index (χ0) is 13.8. The van der Waals surface area contributed by atoms with Crippen molar-refractivity contribution in [2.24, 2.45) is 5.92 Å². The molecule has 3 atom stereocenters. The van der Waals surface area contributed by atoms with E-state index in [2.05, 4.69) is 5.32 Å². The number of hydrogen-bond donors (Lipinski definition) is 3. The second-order valence-electron chi connectivity index (χ2n) is 5.23. The summed E-state index contributed by atoms with van der Waals surface area (Å²) in [6.45, 7) is 2.15. The third-order valence-electron chi connectivity index (χ3n) is 3.87. The van der Waals surface area contributed by atoms with Crippen LogP contribution in [0.1, 0.15) is 55.0 Å². The fourth-order valence-electron chi connectivity index (χ4n) is 2.75. The highest BCUT2D eigenvalue weighted by Crippen LogP contribution is 2.27. The molecule has 19 heavy (non-hydrogen) atoms. The number of furan rings is 1. The van der Waals surface area contributed by atoms with Gasteiger partial charge in [-0.15, -0.1) is 0 Å². The summed E-state index contributed by atoms with van der Waals surface area (Å²) in [6, 6.07) is 3.38. The van der Waals surface area contributed by atoms with Gasteiger partial charge < -0.3 is 19.9 Å². The number of carbonyl (C=O) groups is 1. The first kappa shape index (κ1) is 14.1. The smallest absolute Gasteiger partial charge is 0.371 e. The van der Waals surface area contributed by atoms with Crippen LogP contribution < -0.4 is 5.32 Å². The van der Waals surface area contributed by atoms with Crippen molar-refractivity contribution in [3.8, 4) is 0 Å². The maximum absolute atomic E-state index is 10.8. The maximum atomic E-state index is 10.8. The average molecular weight is 267 g/mol. The van der Waals surface area contributed by atoms with Crippen LogP contribution >= 0.6 is 0 Å². The minimum Gasteiger partial charge on any atom is -0.475 e. The summed E-state index contributed by atoms with van der Waals surface area (Å²) in [4.78, 5) is 10.8. The van der Waals surface area contributed by atoms with E-state index in [9.17, 15) is 9.90 Å². The molecule has 1 heterocycles. The maximum Gasteiger partial charge on any atom is 0.371 e. The Hall–Kier alpha value is -1.33. The minimum absolute atomic E-state index is 0.0361. The van der Waals surface area contributed by atoms with Crippen LogP contribution in [-0.4, -0.2) is 28.8 Å². The molecule has 1 aliphatic rings. The highest BCUT2D eigenvalue weighted by Gasteiger charge is 2.26. The van der Waals surface area contributed by atoms with Crippen LogP contribution in [0.25, 0.3) is 0 Å². The van der Waals surface area contributed by atoms with Crippen LogP contribution in [0, 0.1) is 5.92 Å². The van der Waals surface area contributed by atoms with Gasteiger partial charge in [0.25, 0.3) is 0 Å². The van der Waals surface area contributed by atoms with Crippen molar-refractivity contribution in [3.63, 3.8) is 0 Å². The topological polar surface area (TPSA) is 82.7 Å². The molecule has 0 aliphatic heterocycles. The van der Waals surface area contributed by atoms with Crippen LogP contribution in [0.5, 0.6) is 0 Å². The van der Waals surface area contributed by atoms with Crippen LogP contribution in [0.15, 0.2) is 16.5 Å². The Morgan fingerprint density at radius 1 is 1.47 bits per heavy atom. The molecule has 0 spiro atoms. The van der Waals surface area contributed by atoms with Crippen molar-refractivity contribution in [2.45, 2.75) is 44.7 Å². The standard InChI is InChI=1S/C14H21NO4/c1-9(12-6-7-13(19-12)14(17)18)15-11-5-3-2-4-10(11)8-16/h6-7,9-11,15-16H,2-5,8H2,1H3,(H,17,18). The summed E-state index contributed by atoms with van der Waals surface area (Å²) >= 11 is 0. The van der Waals surface area contributed by atoms with Crippen molar-refractivity contribution in [2.75, 3.05) is 6.61 Å². The van der Waals surface area contributed by atoms with Gasteiger partial charge in [0.15, 0.2) is 0 Å². The lowest BCUT2D eigenvalue weighted by atomic mass is 9.84. The predicted molar refractivity (Wildman–Crippen MR) is 70.0 cm³/mol. The monoisotopic (exact) mass is 267 g/mol. The minimum atomic E-state index is -1.05. The molecule has 1 aromatic heterocycles. The number of aromatic carboxylic acids is 1. The molecule has 0 radical (unpaired) electrons. The van der Waals surface area contributed by atoms with Gasteiger partial charge in [0, 0.05) is 12.6 Å². The van der Waals surface area contributed by atoms with Gasteiger partial charge in [0.2, 0.25) is 5.76 Å². The van der Waals surface area contributed by atoms with Gasteiger partial charge in [0.1, 0.15) is 5.76 Å². The van der Waals surface area contributed by atoms with E-state index < -0.39 is 5.97 Å². The molecule has 1 aliphatic carbocycles. The lowest BCUT2D eigenvalue weighted by Crippen LogP contribution is -2.41. The zero-order valence-corrected chi connectivity index (χ0v) is 11.1. The summed E-state index contributed by atoms with van der Waals surface area (Å²) in [6.07, 6.45) is 4.42. The van der Waals surface area contributed by atoms with Crippen molar-refractivity contribution >= 4 is 5.97 Å². The third-order valence-corrected chi connectivity index (χ3v) is 3.87. The Morgan fingerprint density at radius 3 is 2.84 bits per heavy atom. The molecule has 1 fully saturated rings. The van der Waals surface area contributed by atoms with Crippen molar-refractivity contribution in [3.05, 3.63) is 23.7 Å².